The largest absolute Gasteiger partial charge is 0.379 e. The highest BCUT2D eigenvalue weighted by Crippen LogP contribution is 2.30. The van der Waals surface area contributed by atoms with Gasteiger partial charge in [-0.3, -0.25) is 0 Å². The molecule has 0 bridgehead atoms. The van der Waals surface area contributed by atoms with Gasteiger partial charge in [0, 0.05) is 16.6 Å². The third-order valence-corrected chi connectivity index (χ3v) is 4.90. The van der Waals surface area contributed by atoms with Crippen LogP contribution in [0.2, 0.25) is 0 Å². The number of hydrogen-bond acceptors (Lipinski definition) is 5. The number of aliphatic hydroxyl groups is 1. The van der Waals surface area contributed by atoms with E-state index < -0.39 is 5.60 Å². The second-order valence-corrected chi connectivity index (χ2v) is 6.10. The number of benzene rings is 1. The molecule has 0 radical (unpaired) electrons. The average Bonchev–Trinajstić information content (AvgIpc) is 3.05. The van der Waals surface area contributed by atoms with Crippen molar-refractivity contribution in [2.24, 2.45) is 0 Å². The van der Waals surface area contributed by atoms with Gasteiger partial charge in [-0.15, -0.1) is 0 Å². The van der Waals surface area contributed by atoms with E-state index in [0.29, 0.717) is 18.8 Å². The van der Waals surface area contributed by atoms with Crippen molar-refractivity contribution in [1.29, 1.82) is 0 Å². The van der Waals surface area contributed by atoms with Gasteiger partial charge in [0.1, 0.15) is 0 Å². The Kier molecular flexibility index (Phi) is 3.40. The fourth-order valence-electron chi connectivity index (χ4n) is 2.47. The van der Waals surface area contributed by atoms with Crippen LogP contribution in [0, 0.1) is 13.8 Å². The molecular weight excluding hydrogens is 322 g/mol. The lowest BCUT2D eigenvalue weighted by atomic mass is 10.0. The Balaban J connectivity index is 1.98. The molecule has 1 aromatic carbocycles. The van der Waals surface area contributed by atoms with Gasteiger partial charge in [0.05, 0.1) is 0 Å². The fourth-order valence-corrected chi connectivity index (χ4v) is 2.69. The molecule has 1 unspecified atom stereocenters. The lowest BCUT2D eigenvalue weighted by Gasteiger charge is -2.14. The molecule has 0 saturated carbocycles. The molecule has 2 N–H and O–H groups in total. The SMILES string of the molecule is Cc1cc(-c2noc(C3(O)CCNC3)n2)cc(C)c1Br. The van der Waals surface area contributed by atoms with E-state index in [4.69, 9.17) is 4.52 Å². The van der Waals surface area contributed by atoms with Gasteiger partial charge in [0.2, 0.25) is 5.82 Å². The summed E-state index contributed by atoms with van der Waals surface area (Å²) >= 11 is 3.54. The molecule has 1 aliphatic rings. The topological polar surface area (TPSA) is 71.2 Å². The van der Waals surface area contributed by atoms with Crippen LogP contribution in [0.25, 0.3) is 11.4 Å². The fraction of sp³-hybridized carbons (Fsp3) is 0.429. The van der Waals surface area contributed by atoms with Gasteiger partial charge < -0.3 is 14.9 Å². The molecule has 1 aromatic heterocycles. The van der Waals surface area contributed by atoms with Gasteiger partial charge >= 0.3 is 0 Å². The Morgan fingerprint density at radius 1 is 1.35 bits per heavy atom. The van der Waals surface area contributed by atoms with Crippen LogP contribution in [-0.4, -0.2) is 28.3 Å². The third-order valence-electron chi connectivity index (χ3n) is 3.65. The van der Waals surface area contributed by atoms with Crippen LogP contribution in [0.5, 0.6) is 0 Å². The van der Waals surface area contributed by atoms with Gasteiger partial charge in [0.25, 0.3) is 5.89 Å². The summed E-state index contributed by atoms with van der Waals surface area (Å²) in [5, 5.41) is 17.5. The lowest BCUT2D eigenvalue weighted by Crippen LogP contribution is -2.28. The van der Waals surface area contributed by atoms with E-state index in [1.54, 1.807) is 0 Å². The minimum atomic E-state index is -1.04. The average molecular weight is 338 g/mol. The van der Waals surface area contributed by atoms with Gasteiger partial charge in [0.15, 0.2) is 5.60 Å². The van der Waals surface area contributed by atoms with Crippen molar-refractivity contribution in [3.8, 4) is 11.4 Å². The van der Waals surface area contributed by atoms with Crippen molar-refractivity contribution in [1.82, 2.24) is 15.5 Å². The van der Waals surface area contributed by atoms with Gasteiger partial charge in [-0.2, -0.15) is 4.98 Å². The first-order valence-corrected chi connectivity index (χ1v) is 7.33. The first-order chi connectivity index (χ1) is 9.49. The normalized spacial score (nSPS) is 22.4. The summed E-state index contributed by atoms with van der Waals surface area (Å²) < 4.78 is 6.34. The van der Waals surface area contributed by atoms with E-state index in [0.717, 1.165) is 27.7 Å². The van der Waals surface area contributed by atoms with Crippen LogP contribution in [-0.2, 0) is 5.60 Å². The summed E-state index contributed by atoms with van der Waals surface area (Å²) in [6.07, 6.45) is 0.590. The highest BCUT2D eigenvalue weighted by molar-refractivity contribution is 9.10. The van der Waals surface area contributed by atoms with E-state index in [-0.39, 0.29) is 5.89 Å². The zero-order valence-electron chi connectivity index (χ0n) is 11.4. The Morgan fingerprint density at radius 3 is 2.65 bits per heavy atom. The van der Waals surface area contributed by atoms with Crippen molar-refractivity contribution in [2.75, 3.05) is 13.1 Å². The summed E-state index contributed by atoms with van der Waals surface area (Å²) in [5.74, 6) is 0.801. The Morgan fingerprint density at radius 2 is 2.05 bits per heavy atom. The molecule has 20 heavy (non-hydrogen) atoms. The molecule has 0 spiro atoms. The number of rotatable bonds is 2. The van der Waals surface area contributed by atoms with Crippen LogP contribution >= 0.6 is 15.9 Å². The molecule has 3 rings (SSSR count). The van der Waals surface area contributed by atoms with E-state index in [1.807, 2.05) is 26.0 Å². The van der Waals surface area contributed by atoms with Crippen LogP contribution in [0.3, 0.4) is 0 Å². The predicted molar refractivity (Wildman–Crippen MR) is 78.3 cm³/mol. The first-order valence-electron chi connectivity index (χ1n) is 6.54. The molecule has 0 amide bonds. The molecule has 1 atom stereocenters. The summed E-state index contributed by atoms with van der Waals surface area (Å²) in [6.45, 7) is 5.25. The lowest BCUT2D eigenvalue weighted by molar-refractivity contribution is 0.0243. The molecule has 1 aliphatic heterocycles. The highest BCUT2D eigenvalue weighted by atomic mass is 79.9. The smallest absolute Gasteiger partial charge is 0.260 e. The summed E-state index contributed by atoms with van der Waals surface area (Å²) in [6, 6.07) is 4.01. The third kappa shape index (κ3) is 2.28. The van der Waals surface area contributed by atoms with Crippen LogP contribution in [0.15, 0.2) is 21.1 Å². The second-order valence-electron chi connectivity index (χ2n) is 5.31. The summed E-state index contributed by atoms with van der Waals surface area (Å²) in [4.78, 5) is 4.36. The van der Waals surface area contributed by atoms with Gasteiger partial charge in [-0.25, -0.2) is 0 Å². The molecule has 2 heterocycles. The number of halogens is 1. The first kappa shape index (κ1) is 13.7. The molecule has 106 valence electrons. The van der Waals surface area contributed by atoms with Crippen LogP contribution < -0.4 is 5.32 Å². The number of hydrogen-bond donors (Lipinski definition) is 2. The van der Waals surface area contributed by atoms with E-state index in [1.165, 1.54) is 0 Å². The number of nitrogens with one attached hydrogen (secondary N) is 1. The zero-order chi connectivity index (χ0) is 14.3. The van der Waals surface area contributed by atoms with Crippen LogP contribution in [0.4, 0.5) is 0 Å². The summed E-state index contributed by atoms with van der Waals surface area (Å²) in [5.41, 5.74) is 2.10. The van der Waals surface area contributed by atoms with Crippen molar-refractivity contribution in [3.05, 3.63) is 33.6 Å². The monoisotopic (exact) mass is 337 g/mol. The number of aromatic nitrogens is 2. The van der Waals surface area contributed by atoms with Crippen molar-refractivity contribution >= 4 is 15.9 Å². The maximum absolute atomic E-state index is 10.4. The standard InChI is InChI=1S/C14H16BrN3O2/c1-8-5-10(6-9(2)11(8)15)12-17-13(20-18-12)14(19)3-4-16-7-14/h5-6,16,19H,3-4,7H2,1-2H3. The van der Waals surface area contributed by atoms with Crippen molar-refractivity contribution in [2.45, 2.75) is 25.9 Å². The number of β-amino-alcohol motifs (C(OH)–C–C–N with tert-alkyl or cyclic N) is 1. The van der Waals surface area contributed by atoms with E-state index >= 15 is 0 Å². The van der Waals surface area contributed by atoms with E-state index in [2.05, 4.69) is 31.4 Å². The Labute approximate surface area is 125 Å². The van der Waals surface area contributed by atoms with Crippen LogP contribution in [0.1, 0.15) is 23.4 Å². The Hall–Kier alpha value is -1.24. The maximum Gasteiger partial charge on any atom is 0.260 e. The molecule has 0 aliphatic carbocycles. The zero-order valence-corrected chi connectivity index (χ0v) is 13.0. The molecule has 2 aromatic rings. The molecule has 1 saturated heterocycles. The number of nitrogens with zero attached hydrogens (tertiary/aromatic N) is 2. The molecule has 5 nitrogen and oxygen atoms in total. The minimum absolute atomic E-state index is 0.288. The quantitative estimate of drug-likeness (QED) is 0.879. The molecule has 1 fully saturated rings. The van der Waals surface area contributed by atoms with Crippen molar-refractivity contribution in [3.63, 3.8) is 0 Å². The summed E-state index contributed by atoms with van der Waals surface area (Å²) in [7, 11) is 0. The second kappa shape index (κ2) is 4.95. The van der Waals surface area contributed by atoms with E-state index in [9.17, 15) is 5.11 Å². The van der Waals surface area contributed by atoms with Crippen molar-refractivity contribution < 1.29 is 9.63 Å². The Bertz CT molecular complexity index is 625. The maximum atomic E-state index is 10.4. The predicted octanol–water partition coefficient (Wildman–Crippen LogP) is 2.30. The minimum Gasteiger partial charge on any atom is -0.379 e. The molecule has 6 heteroatoms. The molecular formula is C14H16BrN3O2. The highest BCUT2D eigenvalue weighted by Gasteiger charge is 2.38. The number of aryl methyl sites for hydroxylation is 2. The van der Waals surface area contributed by atoms with Gasteiger partial charge in [-0.05, 0) is 50.1 Å². The van der Waals surface area contributed by atoms with Gasteiger partial charge in [-0.1, -0.05) is 21.1 Å².